The molecule has 23 heavy (non-hydrogen) atoms. The van der Waals surface area contributed by atoms with Crippen LogP contribution < -0.4 is 14.6 Å². The molecule has 0 saturated heterocycles. The van der Waals surface area contributed by atoms with Gasteiger partial charge in [-0.15, -0.1) is 0 Å². The van der Waals surface area contributed by atoms with Crippen LogP contribution in [0.1, 0.15) is 5.56 Å². The topological polar surface area (TPSA) is 82.3 Å². The van der Waals surface area contributed by atoms with Crippen molar-refractivity contribution in [1.29, 1.82) is 0 Å². The SMILES string of the molecule is CSC1Nc2c(ccc[n+]2C)O1.Cc1ccc(S(=O)(=O)[O-])cc1. The van der Waals surface area contributed by atoms with Crippen molar-refractivity contribution in [2.75, 3.05) is 11.6 Å². The fourth-order valence-corrected chi connectivity index (χ4v) is 2.82. The number of fused-ring (bicyclic) bond motifs is 1. The number of benzene rings is 1. The number of ether oxygens (including phenoxy) is 1. The van der Waals surface area contributed by atoms with Crippen LogP contribution in [0.4, 0.5) is 5.82 Å². The zero-order chi connectivity index (χ0) is 17.0. The predicted molar refractivity (Wildman–Crippen MR) is 88.3 cm³/mol. The number of anilines is 1. The molecule has 0 bridgehead atoms. The van der Waals surface area contributed by atoms with Crippen LogP contribution in [0.25, 0.3) is 0 Å². The second kappa shape index (κ2) is 7.20. The third-order valence-corrected chi connectivity index (χ3v) is 4.65. The Bertz CT molecular complexity index is 777. The molecule has 1 aromatic carbocycles. The maximum atomic E-state index is 10.4. The molecule has 124 valence electrons. The first kappa shape index (κ1) is 17.6. The molecule has 0 aliphatic carbocycles. The van der Waals surface area contributed by atoms with E-state index < -0.39 is 10.1 Å². The average Bonchev–Trinajstić information content (AvgIpc) is 2.92. The number of thioether (sulfide) groups is 1. The molecule has 6 nitrogen and oxygen atoms in total. The van der Waals surface area contributed by atoms with Crippen LogP contribution >= 0.6 is 11.8 Å². The van der Waals surface area contributed by atoms with Crippen LogP contribution in [0.2, 0.25) is 0 Å². The van der Waals surface area contributed by atoms with E-state index in [1.165, 1.54) is 12.1 Å². The summed E-state index contributed by atoms with van der Waals surface area (Å²) in [6.45, 7) is 1.82. The van der Waals surface area contributed by atoms with Crippen molar-refractivity contribution < 1.29 is 22.3 Å². The third kappa shape index (κ3) is 4.60. The lowest BCUT2D eigenvalue weighted by molar-refractivity contribution is -0.656. The Morgan fingerprint density at radius 3 is 2.43 bits per heavy atom. The Labute approximate surface area is 140 Å². The normalized spacial score (nSPS) is 15.7. The van der Waals surface area contributed by atoms with Crippen LogP contribution in [-0.2, 0) is 17.2 Å². The molecule has 0 radical (unpaired) electrons. The lowest BCUT2D eigenvalue weighted by Gasteiger charge is -2.05. The van der Waals surface area contributed by atoms with Gasteiger partial charge in [-0.25, -0.2) is 18.3 Å². The van der Waals surface area contributed by atoms with Crippen molar-refractivity contribution in [3.8, 4) is 5.75 Å². The smallest absolute Gasteiger partial charge is 0.321 e. The van der Waals surface area contributed by atoms with Crippen molar-refractivity contribution in [3.63, 3.8) is 0 Å². The number of rotatable bonds is 2. The van der Waals surface area contributed by atoms with Gasteiger partial charge in [0.15, 0.2) is 0 Å². The number of nitrogens with one attached hydrogen (secondary N) is 1. The van der Waals surface area contributed by atoms with E-state index >= 15 is 0 Å². The first-order valence-corrected chi connectivity index (χ1v) is 9.48. The minimum atomic E-state index is -4.27. The summed E-state index contributed by atoms with van der Waals surface area (Å²) in [6.07, 6.45) is 4.02. The first-order chi connectivity index (χ1) is 10.8. The molecule has 1 unspecified atom stereocenters. The van der Waals surface area contributed by atoms with Gasteiger partial charge in [0.1, 0.15) is 10.1 Å². The summed E-state index contributed by atoms with van der Waals surface area (Å²) < 4.78 is 38.8. The minimum Gasteiger partial charge on any atom is -0.744 e. The molecule has 0 spiro atoms. The largest absolute Gasteiger partial charge is 0.744 e. The number of aromatic nitrogens is 1. The molecular formula is C15H18N2O4S2. The summed E-state index contributed by atoms with van der Waals surface area (Å²) in [5, 5.41) is 3.26. The van der Waals surface area contributed by atoms with E-state index in [1.54, 1.807) is 23.9 Å². The van der Waals surface area contributed by atoms with E-state index in [2.05, 4.69) is 5.32 Å². The fourth-order valence-electron chi connectivity index (χ4n) is 1.92. The second-order valence-electron chi connectivity index (χ2n) is 4.93. The van der Waals surface area contributed by atoms with Crippen LogP contribution in [0, 0.1) is 6.92 Å². The third-order valence-electron chi connectivity index (χ3n) is 3.16. The molecule has 3 rings (SSSR count). The van der Waals surface area contributed by atoms with E-state index in [9.17, 15) is 13.0 Å². The molecule has 1 N–H and O–H groups in total. The van der Waals surface area contributed by atoms with Gasteiger partial charge in [-0.2, -0.15) is 0 Å². The molecule has 1 aromatic heterocycles. The molecule has 0 saturated carbocycles. The van der Waals surface area contributed by atoms with Gasteiger partial charge in [0.2, 0.25) is 5.75 Å². The van der Waals surface area contributed by atoms with E-state index in [0.717, 1.165) is 17.1 Å². The summed E-state index contributed by atoms with van der Waals surface area (Å²) in [6, 6.07) is 9.73. The Kier molecular flexibility index (Phi) is 5.51. The summed E-state index contributed by atoms with van der Waals surface area (Å²) >= 11 is 1.65. The number of hydrogen-bond acceptors (Lipinski definition) is 6. The number of hydrogen-bond donors (Lipinski definition) is 1. The first-order valence-electron chi connectivity index (χ1n) is 6.78. The number of pyridine rings is 1. The maximum absolute atomic E-state index is 10.4. The highest BCUT2D eigenvalue weighted by molar-refractivity contribution is 7.99. The van der Waals surface area contributed by atoms with E-state index in [1.807, 2.05) is 43.1 Å². The maximum Gasteiger partial charge on any atom is 0.321 e. The highest BCUT2D eigenvalue weighted by Gasteiger charge is 2.29. The monoisotopic (exact) mass is 354 g/mol. The van der Waals surface area contributed by atoms with Gasteiger partial charge in [-0.05, 0) is 37.4 Å². The lowest BCUT2D eigenvalue weighted by Crippen LogP contribution is -2.31. The summed E-state index contributed by atoms with van der Waals surface area (Å²) in [5.74, 6) is 1.98. The van der Waals surface area contributed by atoms with Crippen LogP contribution in [0.5, 0.6) is 5.75 Å². The van der Waals surface area contributed by atoms with Gasteiger partial charge in [0, 0.05) is 0 Å². The molecule has 2 heterocycles. The van der Waals surface area contributed by atoms with Gasteiger partial charge in [0.25, 0.3) is 5.56 Å². The Balaban J connectivity index is 0.000000168. The van der Waals surface area contributed by atoms with Crippen LogP contribution in [0.3, 0.4) is 0 Å². The Morgan fingerprint density at radius 1 is 1.26 bits per heavy atom. The fraction of sp³-hybridized carbons (Fsp3) is 0.267. The molecule has 1 atom stereocenters. The number of nitrogens with zero attached hydrogens (tertiary/aromatic N) is 1. The van der Waals surface area contributed by atoms with Crippen molar-refractivity contribution in [1.82, 2.24) is 0 Å². The molecule has 8 heteroatoms. The average molecular weight is 354 g/mol. The summed E-state index contributed by atoms with van der Waals surface area (Å²) in [5.41, 5.74) is 0.992. The summed E-state index contributed by atoms with van der Waals surface area (Å²) in [7, 11) is -2.27. The van der Waals surface area contributed by atoms with E-state index in [-0.39, 0.29) is 10.5 Å². The lowest BCUT2D eigenvalue weighted by atomic mass is 10.2. The van der Waals surface area contributed by atoms with Crippen molar-refractivity contribution >= 4 is 27.7 Å². The van der Waals surface area contributed by atoms with Crippen molar-refractivity contribution in [3.05, 3.63) is 48.2 Å². The highest BCUT2D eigenvalue weighted by Crippen LogP contribution is 2.30. The van der Waals surface area contributed by atoms with E-state index in [0.29, 0.717) is 0 Å². The highest BCUT2D eigenvalue weighted by atomic mass is 32.2. The van der Waals surface area contributed by atoms with Gasteiger partial charge < -0.3 is 9.29 Å². The molecular weight excluding hydrogens is 336 g/mol. The van der Waals surface area contributed by atoms with Gasteiger partial charge >= 0.3 is 5.82 Å². The molecule has 1 aliphatic heterocycles. The van der Waals surface area contributed by atoms with E-state index in [4.69, 9.17) is 4.74 Å². The zero-order valence-electron chi connectivity index (χ0n) is 13.0. The minimum absolute atomic E-state index is 0.0635. The molecule has 0 amide bonds. The van der Waals surface area contributed by atoms with Gasteiger partial charge in [0.05, 0.1) is 18.1 Å². The standard InChI is InChI=1S/C8H10N2OS.C7H8O3S/c1-10-5-3-4-6-7(10)9-8(11-6)12-2;1-6-2-4-7(5-3-6)11(8,9)10/h3-5,8H,1-2H3;2-5H,1H3,(H,8,9,10). The summed E-state index contributed by atoms with van der Waals surface area (Å²) in [4.78, 5) is -0.178. The van der Waals surface area contributed by atoms with Crippen LogP contribution in [0.15, 0.2) is 47.5 Å². The van der Waals surface area contributed by atoms with Gasteiger partial charge in [-0.3, -0.25) is 0 Å². The molecule has 1 aliphatic rings. The predicted octanol–water partition coefficient (Wildman–Crippen LogP) is 1.86. The second-order valence-corrected chi connectivity index (χ2v) is 7.21. The quantitative estimate of drug-likeness (QED) is 0.655. The zero-order valence-corrected chi connectivity index (χ0v) is 14.6. The van der Waals surface area contributed by atoms with Crippen molar-refractivity contribution in [2.45, 2.75) is 17.4 Å². The number of aryl methyl sites for hydroxylation is 2. The van der Waals surface area contributed by atoms with Crippen molar-refractivity contribution in [2.24, 2.45) is 7.05 Å². The van der Waals surface area contributed by atoms with Gasteiger partial charge in [-0.1, -0.05) is 29.5 Å². The van der Waals surface area contributed by atoms with Crippen LogP contribution in [-0.4, -0.2) is 24.8 Å². The Hall–Kier alpha value is -1.77. The molecule has 0 fully saturated rings. The molecule has 2 aromatic rings. The Morgan fingerprint density at radius 2 is 1.91 bits per heavy atom.